The van der Waals surface area contributed by atoms with E-state index in [1.54, 1.807) is 5.57 Å². The molecule has 4 aliphatic carbocycles. The van der Waals surface area contributed by atoms with Crippen LogP contribution in [0.25, 0.3) is 5.57 Å². The van der Waals surface area contributed by atoms with Gasteiger partial charge < -0.3 is 10.1 Å². The summed E-state index contributed by atoms with van der Waals surface area (Å²) in [7, 11) is 0. The Morgan fingerprint density at radius 1 is 1.17 bits per heavy atom. The van der Waals surface area contributed by atoms with E-state index in [1.807, 2.05) is 18.3 Å². The fraction of sp³-hybridized carbons (Fsp3) is 0.613. The number of anilines is 2. The number of ether oxygens (including phenoxy) is 1. The second-order valence-electron chi connectivity index (χ2n) is 12.3. The number of thiazole rings is 1. The van der Waals surface area contributed by atoms with Gasteiger partial charge in [-0.2, -0.15) is 0 Å². The van der Waals surface area contributed by atoms with Gasteiger partial charge in [0.25, 0.3) is 0 Å². The first-order chi connectivity index (χ1) is 17.2. The lowest BCUT2D eigenvalue weighted by Crippen LogP contribution is -2.50. The van der Waals surface area contributed by atoms with Crippen molar-refractivity contribution in [1.82, 2.24) is 4.98 Å². The lowest BCUT2D eigenvalue weighted by atomic mass is 9.48. The summed E-state index contributed by atoms with van der Waals surface area (Å²) in [4.78, 5) is 18.6. The predicted octanol–water partition coefficient (Wildman–Crippen LogP) is 8.01. The van der Waals surface area contributed by atoms with Crippen LogP contribution < -0.4 is 5.32 Å². The highest BCUT2D eigenvalue weighted by molar-refractivity contribution is 7.16. The Kier molecular flexibility index (Phi) is 5.86. The minimum absolute atomic E-state index is 0.0305. The van der Waals surface area contributed by atoms with Gasteiger partial charge in [-0.3, -0.25) is 4.79 Å². The van der Waals surface area contributed by atoms with E-state index in [2.05, 4.69) is 57.3 Å². The van der Waals surface area contributed by atoms with Crippen LogP contribution in [0.3, 0.4) is 0 Å². The quantitative estimate of drug-likeness (QED) is 0.429. The SMILES string of the molecule is CCC(=O)O[C@H]1CC[C@H]2[C@@H]3CC=C4c5sc(Nc6ccc(C)cc6C)nc5CC[C@]4(C)[C@H]3CC[C@]12C. The number of hydrogen-bond donors (Lipinski definition) is 1. The number of esters is 1. The zero-order valence-electron chi connectivity index (χ0n) is 22.4. The van der Waals surface area contributed by atoms with Crippen molar-refractivity contribution in [3.8, 4) is 0 Å². The van der Waals surface area contributed by atoms with Crippen molar-refractivity contribution in [2.75, 3.05) is 5.32 Å². The number of nitrogens with one attached hydrogen (secondary N) is 1. The van der Waals surface area contributed by atoms with Crippen LogP contribution in [0.2, 0.25) is 0 Å². The summed E-state index contributed by atoms with van der Waals surface area (Å²) in [5.41, 5.74) is 6.90. The summed E-state index contributed by atoms with van der Waals surface area (Å²) >= 11 is 1.85. The molecule has 36 heavy (non-hydrogen) atoms. The zero-order valence-corrected chi connectivity index (χ0v) is 23.3. The van der Waals surface area contributed by atoms with Crippen LogP contribution in [-0.2, 0) is 16.0 Å². The molecule has 6 rings (SSSR count). The third-order valence-electron chi connectivity index (χ3n) is 10.4. The van der Waals surface area contributed by atoms with Crippen LogP contribution in [0.15, 0.2) is 24.3 Å². The molecule has 0 aliphatic heterocycles. The molecule has 2 fully saturated rings. The Labute approximate surface area is 219 Å². The molecular weight excluding hydrogens is 464 g/mol. The van der Waals surface area contributed by atoms with Gasteiger partial charge in [0.1, 0.15) is 6.10 Å². The molecule has 0 spiro atoms. The van der Waals surface area contributed by atoms with Crippen molar-refractivity contribution in [2.45, 2.75) is 92.1 Å². The molecule has 1 heterocycles. The molecule has 0 unspecified atom stereocenters. The van der Waals surface area contributed by atoms with Crippen molar-refractivity contribution in [3.05, 3.63) is 46.0 Å². The molecule has 2 saturated carbocycles. The summed E-state index contributed by atoms with van der Waals surface area (Å²) in [6.45, 7) is 11.2. The highest BCUT2D eigenvalue weighted by atomic mass is 32.1. The number of carbonyl (C=O) groups is 1. The number of carbonyl (C=O) groups excluding carboxylic acids is 1. The topological polar surface area (TPSA) is 51.2 Å². The standard InChI is InChI=1S/C31H40N2O2S/c1-6-27(34)35-26-12-10-21-20-8-9-23-28-25(14-16-30(23,4)22(20)13-15-31(21,26)5)33-29(36-28)32-24-11-7-18(2)17-19(24)3/h7,9,11,17,20-22,26H,6,8,10,12-16H2,1-5H3,(H,32,33)/t20-,21-,22-,26-,30+,31-/m0/s1. The number of allylic oxidation sites excluding steroid dienone is 2. The second kappa shape index (κ2) is 8.72. The third kappa shape index (κ3) is 3.68. The summed E-state index contributed by atoms with van der Waals surface area (Å²) in [5.74, 6) is 2.04. The van der Waals surface area contributed by atoms with Crippen molar-refractivity contribution in [1.29, 1.82) is 0 Å². The van der Waals surface area contributed by atoms with E-state index in [4.69, 9.17) is 9.72 Å². The zero-order chi connectivity index (χ0) is 25.2. The first kappa shape index (κ1) is 24.2. The smallest absolute Gasteiger partial charge is 0.305 e. The van der Waals surface area contributed by atoms with Gasteiger partial charge in [0.15, 0.2) is 5.13 Å². The highest BCUT2D eigenvalue weighted by Gasteiger charge is 2.60. The van der Waals surface area contributed by atoms with Crippen LogP contribution in [0.4, 0.5) is 10.8 Å². The minimum atomic E-state index is -0.0305. The van der Waals surface area contributed by atoms with Gasteiger partial charge in [0.05, 0.1) is 10.6 Å². The molecule has 4 nitrogen and oxygen atoms in total. The van der Waals surface area contributed by atoms with Gasteiger partial charge in [0, 0.05) is 17.5 Å². The molecule has 6 atom stereocenters. The fourth-order valence-electron chi connectivity index (χ4n) is 8.39. The maximum Gasteiger partial charge on any atom is 0.305 e. The molecule has 0 bridgehead atoms. The molecular formula is C31H40N2O2S. The maximum atomic E-state index is 12.1. The van der Waals surface area contributed by atoms with Gasteiger partial charge in [0.2, 0.25) is 0 Å². The number of hydrogen-bond acceptors (Lipinski definition) is 5. The number of fused-ring (bicyclic) bond motifs is 7. The van der Waals surface area contributed by atoms with Gasteiger partial charge in [-0.25, -0.2) is 4.98 Å². The van der Waals surface area contributed by atoms with E-state index in [0.717, 1.165) is 30.1 Å². The number of rotatable bonds is 4. The molecule has 1 aromatic heterocycles. The highest BCUT2D eigenvalue weighted by Crippen LogP contribution is 2.66. The average Bonchev–Trinajstić information content (AvgIpc) is 3.41. The first-order valence-corrected chi connectivity index (χ1v) is 14.8. The lowest BCUT2D eigenvalue weighted by molar-refractivity contribution is -0.158. The normalized spacial score (nSPS) is 34.6. The van der Waals surface area contributed by atoms with E-state index in [1.165, 1.54) is 47.4 Å². The molecule has 1 N–H and O–H groups in total. The van der Waals surface area contributed by atoms with Crippen LogP contribution in [0.5, 0.6) is 0 Å². The fourth-order valence-corrected chi connectivity index (χ4v) is 9.59. The number of aryl methyl sites for hydroxylation is 3. The summed E-state index contributed by atoms with van der Waals surface area (Å²) in [6, 6.07) is 6.56. The largest absolute Gasteiger partial charge is 0.462 e. The number of benzene rings is 1. The van der Waals surface area contributed by atoms with E-state index >= 15 is 0 Å². The third-order valence-corrected chi connectivity index (χ3v) is 11.4. The molecule has 4 aliphatic rings. The minimum Gasteiger partial charge on any atom is -0.462 e. The van der Waals surface area contributed by atoms with Gasteiger partial charge in [-0.1, -0.05) is 55.9 Å². The van der Waals surface area contributed by atoms with Gasteiger partial charge in [-0.15, -0.1) is 0 Å². The summed E-state index contributed by atoms with van der Waals surface area (Å²) in [6.07, 6.45) is 11.2. The Bertz CT molecular complexity index is 1230. The Morgan fingerprint density at radius 2 is 2.00 bits per heavy atom. The lowest BCUT2D eigenvalue weighted by Gasteiger charge is -2.56. The van der Waals surface area contributed by atoms with Crippen molar-refractivity contribution >= 4 is 33.7 Å². The van der Waals surface area contributed by atoms with Gasteiger partial charge in [-0.05, 0) is 99.2 Å². The average molecular weight is 505 g/mol. The van der Waals surface area contributed by atoms with Crippen molar-refractivity contribution < 1.29 is 9.53 Å². The molecule has 5 heteroatoms. The number of nitrogens with zero attached hydrogens (tertiary/aromatic N) is 1. The summed E-state index contributed by atoms with van der Waals surface area (Å²) in [5, 5.41) is 4.64. The van der Waals surface area contributed by atoms with Crippen LogP contribution in [-0.4, -0.2) is 17.1 Å². The molecule has 1 aromatic carbocycles. The van der Waals surface area contributed by atoms with Crippen molar-refractivity contribution in [2.24, 2.45) is 28.6 Å². The van der Waals surface area contributed by atoms with E-state index in [0.29, 0.717) is 24.2 Å². The van der Waals surface area contributed by atoms with Crippen LogP contribution >= 0.6 is 11.3 Å². The molecule has 0 amide bonds. The van der Waals surface area contributed by atoms with E-state index in [-0.39, 0.29) is 22.9 Å². The second-order valence-corrected chi connectivity index (χ2v) is 13.3. The van der Waals surface area contributed by atoms with Crippen molar-refractivity contribution in [3.63, 3.8) is 0 Å². The summed E-state index contributed by atoms with van der Waals surface area (Å²) < 4.78 is 5.99. The van der Waals surface area contributed by atoms with E-state index < -0.39 is 0 Å². The molecule has 2 aromatic rings. The monoisotopic (exact) mass is 504 g/mol. The first-order valence-electron chi connectivity index (χ1n) is 14.0. The molecule has 0 saturated heterocycles. The Balaban J connectivity index is 1.27. The van der Waals surface area contributed by atoms with Crippen LogP contribution in [0, 0.1) is 42.4 Å². The number of aromatic nitrogens is 1. The van der Waals surface area contributed by atoms with E-state index in [9.17, 15) is 4.79 Å². The molecule has 192 valence electrons. The maximum absolute atomic E-state index is 12.1. The van der Waals surface area contributed by atoms with Gasteiger partial charge >= 0.3 is 5.97 Å². The predicted molar refractivity (Wildman–Crippen MR) is 148 cm³/mol. The van der Waals surface area contributed by atoms with Crippen LogP contribution in [0.1, 0.15) is 87.4 Å². The Morgan fingerprint density at radius 3 is 2.78 bits per heavy atom. The molecule has 0 radical (unpaired) electrons. The Hall–Kier alpha value is -2.14.